The van der Waals surface area contributed by atoms with Crippen LogP contribution in [0.4, 0.5) is 5.69 Å². The quantitative estimate of drug-likeness (QED) is 0.597. The second-order valence-corrected chi connectivity index (χ2v) is 6.11. The molecule has 0 aromatic heterocycles. The summed E-state index contributed by atoms with van der Waals surface area (Å²) < 4.78 is 4.88. The fraction of sp³-hybridized carbons (Fsp3) is 0.400. The van der Waals surface area contributed by atoms with Gasteiger partial charge in [-0.25, -0.2) is 9.69 Å². The van der Waals surface area contributed by atoms with Gasteiger partial charge in [0.2, 0.25) is 11.8 Å². The lowest BCUT2D eigenvalue weighted by molar-refractivity contribution is -0.401. The number of anilines is 1. The van der Waals surface area contributed by atoms with Crippen LogP contribution in [-0.4, -0.2) is 41.4 Å². The first-order valence-corrected chi connectivity index (χ1v) is 8.12. The van der Waals surface area contributed by atoms with Crippen LogP contribution in [0.15, 0.2) is 30.3 Å². The van der Waals surface area contributed by atoms with Crippen molar-refractivity contribution >= 4 is 35.2 Å². The molecule has 2 atom stereocenters. The number of ether oxygens (including phenoxy) is 1. The highest BCUT2D eigenvalue weighted by Gasteiger charge is 2.40. The van der Waals surface area contributed by atoms with E-state index >= 15 is 0 Å². The zero-order valence-electron chi connectivity index (χ0n) is 12.4. The van der Waals surface area contributed by atoms with E-state index in [1.165, 1.54) is 16.7 Å². The van der Waals surface area contributed by atoms with E-state index in [9.17, 15) is 14.4 Å². The molecule has 0 aliphatic carbocycles. The zero-order chi connectivity index (χ0) is 16.1. The van der Waals surface area contributed by atoms with E-state index in [1.807, 2.05) is 6.07 Å². The van der Waals surface area contributed by atoms with Crippen LogP contribution in [0.2, 0.25) is 0 Å². The van der Waals surface area contributed by atoms with E-state index in [1.54, 1.807) is 31.2 Å². The molecule has 1 aliphatic rings. The molecule has 1 aromatic rings. The Hall–Kier alpha value is -1.86. The lowest BCUT2D eigenvalue weighted by Crippen LogP contribution is -2.66. The third-order valence-electron chi connectivity index (χ3n) is 3.24. The first kappa shape index (κ1) is 16.5. The van der Waals surface area contributed by atoms with E-state index in [0.717, 1.165) is 0 Å². The number of imide groups is 1. The molecule has 22 heavy (non-hydrogen) atoms. The summed E-state index contributed by atoms with van der Waals surface area (Å²) in [6, 6.07) is 8.30. The molecule has 1 heterocycles. The smallest absolute Gasteiger partial charge is 0.365 e. The molecule has 6 nitrogen and oxygen atoms in total. The Bertz CT molecular complexity index is 564. The molecule has 0 saturated carbocycles. The van der Waals surface area contributed by atoms with Crippen LogP contribution in [0, 0.1) is 0 Å². The first-order chi connectivity index (χ1) is 10.5. The number of esters is 1. The largest absolute Gasteiger partial charge is 0.462 e. The molecule has 0 bridgehead atoms. The van der Waals surface area contributed by atoms with Crippen LogP contribution < -0.4 is 10.6 Å². The fourth-order valence-corrected chi connectivity index (χ4v) is 3.25. The molecule has 0 radical (unpaired) electrons. The molecule has 1 aromatic carbocycles. The number of hydrogen-bond donors (Lipinski definition) is 1. The Morgan fingerprint density at radius 2 is 2.09 bits per heavy atom. The van der Waals surface area contributed by atoms with Crippen molar-refractivity contribution in [1.29, 1.82) is 0 Å². The van der Waals surface area contributed by atoms with Crippen LogP contribution in [0.3, 0.4) is 0 Å². The Labute approximate surface area is 133 Å². The number of para-hydroxylation sites is 1. The maximum atomic E-state index is 12.4. The summed E-state index contributed by atoms with van der Waals surface area (Å²) in [7, 11) is 0. The van der Waals surface area contributed by atoms with Crippen molar-refractivity contribution in [3.8, 4) is 0 Å². The summed E-state index contributed by atoms with van der Waals surface area (Å²) in [5, 5.41) is -0.466. The molecule has 2 rings (SSSR count). The maximum absolute atomic E-state index is 12.4. The van der Waals surface area contributed by atoms with Gasteiger partial charge in [-0.3, -0.25) is 9.59 Å². The SMILES string of the molecule is CCOC(=O)[C@@H]([NH3+])CS[C@@H]1CC(=O)N(c2ccccc2)C1=O. The standard InChI is InChI=1S/C15H18N2O4S/c1-2-21-15(20)11(16)9-22-12-8-13(18)17(14(12)19)10-6-4-3-5-7-10/h3-7,11-12H,2,8-9,16H2,1H3/p+1/t11-,12+/m0/s1. The number of nitrogens with zero attached hydrogens (tertiary/aromatic N) is 1. The third kappa shape index (κ3) is 3.66. The summed E-state index contributed by atoms with van der Waals surface area (Å²) in [6.45, 7) is 2.03. The van der Waals surface area contributed by atoms with Gasteiger partial charge in [0.1, 0.15) is 0 Å². The highest BCUT2D eigenvalue weighted by atomic mass is 32.2. The van der Waals surface area contributed by atoms with E-state index < -0.39 is 11.3 Å². The van der Waals surface area contributed by atoms with Crippen molar-refractivity contribution in [2.24, 2.45) is 0 Å². The fourth-order valence-electron chi connectivity index (χ4n) is 2.14. The second kappa shape index (κ2) is 7.42. The molecule has 0 spiro atoms. The van der Waals surface area contributed by atoms with E-state index in [-0.39, 0.29) is 24.2 Å². The predicted octanol–water partition coefficient (Wildman–Crippen LogP) is 0.225. The first-order valence-electron chi connectivity index (χ1n) is 7.07. The van der Waals surface area contributed by atoms with Gasteiger partial charge in [-0.15, -0.1) is 11.8 Å². The topological polar surface area (TPSA) is 91.3 Å². The number of thioether (sulfide) groups is 1. The van der Waals surface area contributed by atoms with Crippen molar-refractivity contribution in [3.63, 3.8) is 0 Å². The number of amides is 2. The average molecular weight is 323 g/mol. The van der Waals surface area contributed by atoms with Gasteiger partial charge in [-0.05, 0) is 19.1 Å². The van der Waals surface area contributed by atoms with Gasteiger partial charge in [0, 0.05) is 6.42 Å². The Morgan fingerprint density at radius 3 is 2.73 bits per heavy atom. The van der Waals surface area contributed by atoms with Gasteiger partial charge < -0.3 is 10.5 Å². The summed E-state index contributed by atoms with van der Waals surface area (Å²) in [5.41, 5.74) is 4.31. The molecule has 3 N–H and O–H groups in total. The van der Waals surface area contributed by atoms with Gasteiger partial charge in [-0.2, -0.15) is 0 Å². The molecule has 1 saturated heterocycles. The third-order valence-corrected chi connectivity index (χ3v) is 4.60. The summed E-state index contributed by atoms with van der Waals surface area (Å²) in [5.74, 6) is -0.486. The van der Waals surface area contributed by atoms with E-state index in [4.69, 9.17) is 4.74 Å². The molecule has 2 amide bonds. The van der Waals surface area contributed by atoms with Crippen LogP contribution in [-0.2, 0) is 19.1 Å². The summed E-state index contributed by atoms with van der Waals surface area (Å²) >= 11 is 1.28. The van der Waals surface area contributed by atoms with Gasteiger partial charge in [-0.1, -0.05) is 18.2 Å². The Kier molecular flexibility index (Phi) is 5.57. The van der Waals surface area contributed by atoms with Crippen molar-refractivity contribution < 1.29 is 24.9 Å². The number of benzene rings is 1. The molecule has 7 heteroatoms. The Morgan fingerprint density at radius 1 is 1.41 bits per heavy atom. The van der Waals surface area contributed by atoms with Crippen molar-refractivity contribution in [3.05, 3.63) is 30.3 Å². The normalized spacial score (nSPS) is 19.4. The lowest BCUT2D eigenvalue weighted by Gasteiger charge is -2.15. The van der Waals surface area contributed by atoms with E-state index in [2.05, 4.69) is 5.73 Å². The average Bonchev–Trinajstić information content (AvgIpc) is 2.80. The van der Waals surface area contributed by atoms with E-state index in [0.29, 0.717) is 18.0 Å². The highest BCUT2D eigenvalue weighted by molar-refractivity contribution is 8.00. The molecular formula is C15H19N2O4S+. The van der Waals surface area contributed by atoms with Crippen molar-refractivity contribution in [2.45, 2.75) is 24.6 Å². The van der Waals surface area contributed by atoms with Crippen LogP contribution in [0.1, 0.15) is 13.3 Å². The summed E-state index contributed by atoms with van der Waals surface area (Å²) in [4.78, 5) is 37.2. The highest BCUT2D eigenvalue weighted by Crippen LogP contribution is 2.29. The van der Waals surface area contributed by atoms with Crippen LogP contribution in [0.5, 0.6) is 0 Å². The number of carbonyl (C=O) groups excluding carboxylic acids is 3. The van der Waals surface area contributed by atoms with Gasteiger partial charge in [0.15, 0.2) is 6.04 Å². The van der Waals surface area contributed by atoms with Gasteiger partial charge in [0.25, 0.3) is 0 Å². The summed E-state index contributed by atoms with van der Waals surface area (Å²) in [6.07, 6.45) is 0.147. The lowest BCUT2D eigenvalue weighted by atomic mass is 10.3. The second-order valence-electron chi connectivity index (χ2n) is 4.88. The molecule has 1 aliphatic heterocycles. The number of rotatable bonds is 6. The van der Waals surface area contributed by atoms with Gasteiger partial charge in [0.05, 0.1) is 23.3 Å². The van der Waals surface area contributed by atoms with Crippen LogP contribution >= 0.6 is 11.8 Å². The van der Waals surface area contributed by atoms with Crippen molar-refractivity contribution in [1.82, 2.24) is 0 Å². The minimum absolute atomic E-state index is 0.147. The van der Waals surface area contributed by atoms with Crippen molar-refractivity contribution in [2.75, 3.05) is 17.3 Å². The number of quaternary nitrogens is 1. The minimum atomic E-state index is -0.543. The molecule has 0 unspecified atom stereocenters. The number of carbonyl (C=O) groups is 3. The minimum Gasteiger partial charge on any atom is -0.462 e. The molecule has 118 valence electrons. The maximum Gasteiger partial charge on any atom is 0.365 e. The Balaban J connectivity index is 1.96. The van der Waals surface area contributed by atoms with Crippen LogP contribution in [0.25, 0.3) is 0 Å². The van der Waals surface area contributed by atoms with Gasteiger partial charge >= 0.3 is 5.97 Å². The molecular weight excluding hydrogens is 304 g/mol. The monoisotopic (exact) mass is 323 g/mol. The zero-order valence-corrected chi connectivity index (χ0v) is 13.2. The predicted molar refractivity (Wildman–Crippen MR) is 83.1 cm³/mol. The number of hydrogen-bond acceptors (Lipinski definition) is 5. The molecule has 1 fully saturated rings.